The molecule has 1 heteroatoms. The van der Waals surface area contributed by atoms with E-state index in [1.54, 1.807) is 0 Å². The summed E-state index contributed by atoms with van der Waals surface area (Å²) in [5.74, 6) is 0. The predicted molar refractivity (Wildman–Crippen MR) is 87.8 cm³/mol. The number of nitrogens with zero attached hydrogens (tertiary/aromatic N) is 1. The summed E-state index contributed by atoms with van der Waals surface area (Å²) in [6, 6.07) is 21.2. The molecule has 0 atom stereocenters. The average molecular weight is 269 g/mol. The number of fused-ring (bicyclic) bond motifs is 3. The van der Waals surface area contributed by atoms with E-state index in [4.69, 9.17) is 0 Å². The van der Waals surface area contributed by atoms with Gasteiger partial charge in [-0.3, -0.25) is 4.98 Å². The van der Waals surface area contributed by atoms with Gasteiger partial charge in [0.25, 0.3) is 0 Å². The van der Waals surface area contributed by atoms with Crippen molar-refractivity contribution < 1.29 is 0 Å². The maximum absolute atomic E-state index is 4.48. The topological polar surface area (TPSA) is 12.9 Å². The molecule has 0 radical (unpaired) electrons. The Morgan fingerprint density at radius 2 is 1.48 bits per heavy atom. The van der Waals surface area contributed by atoms with Gasteiger partial charge >= 0.3 is 0 Å². The van der Waals surface area contributed by atoms with Crippen molar-refractivity contribution in [2.24, 2.45) is 0 Å². The first-order valence-corrected chi connectivity index (χ1v) is 7.16. The van der Waals surface area contributed by atoms with Gasteiger partial charge in [0.1, 0.15) is 0 Å². The molecule has 3 aromatic rings. The second kappa shape index (κ2) is 4.71. The van der Waals surface area contributed by atoms with E-state index >= 15 is 0 Å². The fraction of sp³-hybridized carbons (Fsp3) is 0.0500. The van der Waals surface area contributed by atoms with Crippen molar-refractivity contribution in [3.63, 3.8) is 0 Å². The van der Waals surface area contributed by atoms with Gasteiger partial charge in [0.05, 0.1) is 0 Å². The van der Waals surface area contributed by atoms with E-state index in [-0.39, 0.29) is 0 Å². The minimum absolute atomic E-state index is 1.06. The van der Waals surface area contributed by atoms with Crippen LogP contribution in [-0.4, -0.2) is 4.98 Å². The van der Waals surface area contributed by atoms with Crippen LogP contribution in [0.2, 0.25) is 0 Å². The summed E-state index contributed by atoms with van der Waals surface area (Å²) in [4.78, 5) is 4.48. The first-order chi connectivity index (χ1) is 10.3. The van der Waals surface area contributed by atoms with E-state index in [0.717, 1.165) is 5.69 Å². The highest BCUT2D eigenvalue weighted by Crippen LogP contribution is 2.44. The first kappa shape index (κ1) is 12.1. The molecule has 0 spiro atoms. The third kappa shape index (κ3) is 1.98. The fourth-order valence-electron chi connectivity index (χ4n) is 2.97. The highest BCUT2D eigenvalue weighted by molar-refractivity contribution is 6.06. The van der Waals surface area contributed by atoms with E-state index in [0.29, 0.717) is 0 Å². The highest BCUT2D eigenvalue weighted by Gasteiger charge is 2.23. The van der Waals surface area contributed by atoms with Crippen molar-refractivity contribution in [2.75, 3.05) is 0 Å². The van der Waals surface area contributed by atoms with Crippen molar-refractivity contribution in [1.82, 2.24) is 4.98 Å². The molecule has 1 aliphatic rings. The lowest BCUT2D eigenvalue weighted by atomic mass is 10.0. The summed E-state index contributed by atoms with van der Waals surface area (Å²) < 4.78 is 0. The quantitative estimate of drug-likeness (QED) is 0.476. The molecule has 4 rings (SSSR count). The maximum atomic E-state index is 4.48. The van der Waals surface area contributed by atoms with Gasteiger partial charge in [0.2, 0.25) is 0 Å². The summed E-state index contributed by atoms with van der Waals surface area (Å²) in [6.07, 6.45) is 4.25. The van der Waals surface area contributed by atoms with Crippen LogP contribution in [0.1, 0.15) is 22.4 Å². The Morgan fingerprint density at radius 1 is 0.762 bits per heavy atom. The molecule has 0 bridgehead atoms. The number of aromatic nitrogens is 1. The van der Waals surface area contributed by atoms with Crippen LogP contribution in [0.3, 0.4) is 0 Å². The number of benzene rings is 2. The Labute approximate surface area is 124 Å². The second-order valence-corrected chi connectivity index (χ2v) is 5.39. The van der Waals surface area contributed by atoms with Gasteiger partial charge in [-0.2, -0.15) is 0 Å². The minimum atomic E-state index is 1.06. The predicted octanol–water partition coefficient (Wildman–Crippen LogP) is 4.96. The zero-order valence-corrected chi connectivity index (χ0v) is 11.9. The Bertz CT molecular complexity index is 845. The summed E-state index contributed by atoms with van der Waals surface area (Å²) in [6.45, 7) is 2.04. The molecule has 0 unspecified atom stereocenters. The Kier molecular flexibility index (Phi) is 2.71. The number of hydrogen-bond acceptors (Lipinski definition) is 1. The van der Waals surface area contributed by atoms with E-state index in [9.17, 15) is 0 Å². The van der Waals surface area contributed by atoms with Crippen molar-refractivity contribution >= 4 is 11.6 Å². The lowest BCUT2D eigenvalue weighted by Gasteiger charge is -2.03. The van der Waals surface area contributed by atoms with Crippen LogP contribution >= 0.6 is 0 Å². The molecule has 1 aromatic heterocycles. The van der Waals surface area contributed by atoms with Crippen LogP contribution in [-0.2, 0) is 0 Å². The monoisotopic (exact) mass is 269 g/mol. The first-order valence-electron chi connectivity index (χ1n) is 7.16. The van der Waals surface area contributed by atoms with Gasteiger partial charge in [0, 0.05) is 17.5 Å². The molecule has 100 valence electrons. The molecule has 21 heavy (non-hydrogen) atoms. The SMILES string of the molecule is Cc1cc2c(cn1)/C(=C/c1ccccc1)c1ccccc1-2. The number of rotatable bonds is 1. The molecular weight excluding hydrogens is 254 g/mol. The summed E-state index contributed by atoms with van der Waals surface area (Å²) in [5.41, 5.74) is 8.66. The van der Waals surface area contributed by atoms with Crippen LogP contribution in [0.5, 0.6) is 0 Å². The van der Waals surface area contributed by atoms with Crippen LogP contribution in [0.15, 0.2) is 66.9 Å². The molecular formula is C20H15N. The zero-order chi connectivity index (χ0) is 14.2. The lowest BCUT2D eigenvalue weighted by Crippen LogP contribution is -1.86. The third-order valence-electron chi connectivity index (χ3n) is 3.95. The van der Waals surface area contributed by atoms with Gasteiger partial charge < -0.3 is 0 Å². The van der Waals surface area contributed by atoms with E-state index < -0.39 is 0 Å². The molecule has 2 aromatic carbocycles. The van der Waals surface area contributed by atoms with Crippen molar-refractivity contribution in [2.45, 2.75) is 6.92 Å². The van der Waals surface area contributed by atoms with Crippen LogP contribution in [0.4, 0.5) is 0 Å². The van der Waals surface area contributed by atoms with Gasteiger partial charge in [-0.25, -0.2) is 0 Å². The van der Waals surface area contributed by atoms with Crippen molar-refractivity contribution in [3.05, 3.63) is 89.2 Å². The van der Waals surface area contributed by atoms with Crippen molar-refractivity contribution in [1.29, 1.82) is 0 Å². The smallest absolute Gasteiger partial charge is 0.0379 e. The molecule has 0 aliphatic heterocycles. The van der Waals surface area contributed by atoms with Gasteiger partial charge in [0.15, 0.2) is 0 Å². The normalized spacial score (nSPS) is 14.0. The maximum Gasteiger partial charge on any atom is 0.0379 e. The molecule has 0 fully saturated rings. The largest absolute Gasteiger partial charge is 0.261 e. The standard InChI is InChI=1S/C20H15N/c1-14-11-18-16-9-5-6-10-17(16)19(20(18)13-21-14)12-15-7-3-2-4-8-15/h2-13H,1H3/b19-12+. The van der Waals surface area contributed by atoms with Crippen LogP contribution in [0, 0.1) is 6.92 Å². The highest BCUT2D eigenvalue weighted by atomic mass is 14.7. The molecule has 1 nitrogen and oxygen atoms in total. The van der Waals surface area contributed by atoms with Crippen molar-refractivity contribution in [3.8, 4) is 11.1 Å². The number of aryl methyl sites for hydroxylation is 1. The van der Waals surface area contributed by atoms with Gasteiger partial charge in [-0.15, -0.1) is 0 Å². The molecule has 0 saturated carbocycles. The lowest BCUT2D eigenvalue weighted by molar-refractivity contribution is 1.20. The zero-order valence-electron chi connectivity index (χ0n) is 11.9. The third-order valence-corrected chi connectivity index (χ3v) is 3.95. The van der Waals surface area contributed by atoms with E-state index in [2.05, 4.69) is 65.7 Å². The fourth-order valence-corrected chi connectivity index (χ4v) is 2.97. The molecule has 0 saturated heterocycles. The molecule has 1 heterocycles. The minimum Gasteiger partial charge on any atom is -0.261 e. The number of hydrogen-bond donors (Lipinski definition) is 0. The molecule has 0 amide bonds. The Morgan fingerprint density at radius 3 is 2.29 bits per heavy atom. The van der Waals surface area contributed by atoms with Crippen LogP contribution < -0.4 is 0 Å². The Balaban J connectivity index is 1.99. The van der Waals surface area contributed by atoms with Gasteiger partial charge in [-0.05, 0) is 46.9 Å². The summed E-state index contributed by atoms with van der Waals surface area (Å²) >= 11 is 0. The van der Waals surface area contributed by atoms with Gasteiger partial charge in [-0.1, -0.05) is 54.6 Å². The van der Waals surface area contributed by atoms with E-state index in [1.807, 2.05) is 19.2 Å². The summed E-state index contributed by atoms with van der Waals surface area (Å²) in [7, 11) is 0. The van der Waals surface area contributed by atoms with E-state index in [1.165, 1.54) is 33.4 Å². The Hall–Kier alpha value is -2.67. The average Bonchev–Trinajstić information content (AvgIpc) is 2.82. The second-order valence-electron chi connectivity index (χ2n) is 5.39. The van der Waals surface area contributed by atoms with Crippen LogP contribution in [0.25, 0.3) is 22.8 Å². The number of pyridine rings is 1. The molecule has 0 N–H and O–H groups in total. The molecule has 1 aliphatic carbocycles. The summed E-state index contributed by atoms with van der Waals surface area (Å²) in [5, 5.41) is 0.